The molecule has 60 valence electrons. The number of aromatic nitrogens is 1. The van der Waals surface area contributed by atoms with Gasteiger partial charge in [0.25, 0.3) is 0 Å². The van der Waals surface area contributed by atoms with E-state index < -0.39 is 18.4 Å². The first-order chi connectivity index (χ1) is 5.02. The molecule has 0 aromatic carbocycles. The van der Waals surface area contributed by atoms with E-state index in [1.807, 2.05) is 18.3 Å². The van der Waals surface area contributed by atoms with Crippen LogP contribution in [0.25, 0.3) is 0 Å². The quantitative estimate of drug-likeness (QED) is 0.768. The summed E-state index contributed by atoms with van der Waals surface area (Å²) in [6.07, 6.45) is 1.83. The van der Waals surface area contributed by atoms with Crippen LogP contribution in [0.15, 0.2) is 18.3 Å². The van der Waals surface area contributed by atoms with Gasteiger partial charge in [0.2, 0.25) is 0 Å². The summed E-state index contributed by atoms with van der Waals surface area (Å²) in [6, 6.07) is 3.82. The summed E-state index contributed by atoms with van der Waals surface area (Å²) in [6.45, 7) is 0. The summed E-state index contributed by atoms with van der Waals surface area (Å²) < 4.78 is 1.18. The first-order valence-electron chi connectivity index (χ1n) is 3.73. The van der Waals surface area contributed by atoms with Crippen molar-refractivity contribution >= 4 is 27.8 Å². The van der Waals surface area contributed by atoms with Crippen molar-refractivity contribution in [3.05, 3.63) is 18.3 Å². The summed E-state index contributed by atoms with van der Waals surface area (Å²) in [7, 11) is 0. The summed E-state index contributed by atoms with van der Waals surface area (Å²) in [5.74, 6) is 0. The molecule has 0 aliphatic rings. The fraction of sp³-hybridized carbons (Fsp3) is 0.375. The molecule has 0 atom stereocenters. The molecule has 11 heavy (non-hydrogen) atoms. The number of nitrogen functional groups attached to an aromatic ring is 1. The summed E-state index contributed by atoms with van der Waals surface area (Å²) in [5, 5.41) is 0. The third kappa shape index (κ3) is 2.09. The van der Waals surface area contributed by atoms with Gasteiger partial charge in [-0.2, -0.15) is 0 Å². The van der Waals surface area contributed by atoms with Gasteiger partial charge >= 0.3 is 71.6 Å². The molecule has 0 saturated carbocycles. The fourth-order valence-electron chi connectivity index (χ4n) is 1.04. The van der Waals surface area contributed by atoms with E-state index in [0.29, 0.717) is 0 Å². The summed E-state index contributed by atoms with van der Waals surface area (Å²) in [4.78, 5) is 11.3. The second-order valence-electron chi connectivity index (χ2n) is 3.69. The Morgan fingerprint density at radius 2 is 2.00 bits per heavy atom. The van der Waals surface area contributed by atoms with Crippen molar-refractivity contribution in [1.29, 1.82) is 0 Å². The van der Waals surface area contributed by atoms with Crippen LogP contribution in [-0.4, -0.2) is 23.4 Å². The molecule has 0 radical (unpaired) electrons. The predicted octanol–water partition coefficient (Wildman–Crippen LogP) is 1.21. The Bertz CT molecular complexity index is 253. The van der Waals surface area contributed by atoms with Crippen LogP contribution in [0, 0.1) is 0 Å². The number of rotatable bonds is 1. The normalized spacial score (nSPS) is 11.5. The molecule has 0 unspecified atom stereocenters. The number of hydrogen-bond acceptors (Lipinski definition) is 2. The van der Waals surface area contributed by atoms with Crippen LogP contribution < -0.4 is 9.44 Å². The zero-order chi connectivity index (χ0) is 8.48. The Labute approximate surface area is 71.7 Å². The van der Waals surface area contributed by atoms with Crippen molar-refractivity contribution in [2.75, 3.05) is 5.73 Å². The van der Waals surface area contributed by atoms with E-state index in [1.165, 1.54) is 3.71 Å². The van der Waals surface area contributed by atoms with Crippen LogP contribution in [0.3, 0.4) is 0 Å². The van der Waals surface area contributed by atoms with Gasteiger partial charge in [-0.3, -0.25) is 0 Å². The standard InChI is InChI=1S/C5H5N2.3CH3.Sn/c6-5-2-1-3-7-4-5;;;;/h1-3H,6H2;3*1H3;. The first kappa shape index (κ1) is 8.84. The minimum atomic E-state index is -2.01. The summed E-state index contributed by atoms with van der Waals surface area (Å²) >= 11 is -2.01. The number of hydrogen-bond donors (Lipinski definition) is 1. The molecule has 2 N–H and O–H groups in total. The maximum absolute atomic E-state index is 5.80. The second kappa shape index (κ2) is 3.01. The Morgan fingerprint density at radius 3 is 2.36 bits per heavy atom. The number of pyridine rings is 1. The van der Waals surface area contributed by atoms with Crippen LogP contribution in [0.1, 0.15) is 0 Å². The van der Waals surface area contributed by atoms with Crippen molar-refractivity contribution < 1.29 is 0 Å². The van der Waals surface area contributed by atoms with Gasteiger partial charge in [-0.05, 0) is 0 Å². The van der Waals surface area contributed by atoms with E-state index in [2.05, 4.69) is 19.8 Å². The van der Waals surface area contributed by atoms with E-state index in [9.17, 15) is 0 Å². The van der Waals surface area contributed by atoms with E-state index >= 15 is 0 Å². The van der Waals surface area contributed by atoms with Gasteiger partial charge in [0.05, 0.1) is 0 Å². The topological polar surface area (TPSA) is 38.9 Å². The third-order valence-corrected chi connectivity index (χ3v) is 6.80. The zero-order valence-corrected chi connectivity index (χ0v) is 10.1. The molecule has 1 aromatic heterocycles. The van der Waals surface area contributed by atoms with E-state index in [4.69, 9.17) is 5.73 Å². The predicted molar refractivity (Wildman–Crippen MR) is 51.6 cm³/mol. The van der Waals surface area contributed by atoms with Gasteiger partial charge in [-0.1, -0.05) is 0 Å². The van der Waals surface area contributed by atoms with Gasteiger partial charge in [-0.25, -0.2) is 0 Å². The van der Waals surface area contributed by atoms with Crippen molar-refractivity contribution in [2.24, 2.45) is 0 Å². The third-order valence-electron chi connectivity index (χ3n) is 1.55. The number of nitrogens with two attached hydrogens (primary N) is 1. The van der Waals surface area contributed by atoms with E-state index in [1.54, 1.807) is 0 Å². The molecule has 0 saturated heterocycles. The van der Waals surface area contributed by atoms with Gasteiger partial charge in [0, 0.05) is 0 Å². The number of nitrogens with zero attached hydrogens (tertiary/aromatic N) is 1. The Hall–Kier alpha value is -0.251. The maximum atomic E-state index is 5.80. The van der Waals surface area contributed by atoms with Crippen LogP contribution in [0.2, 0.25) is 14.8 Å². The SMILES string of the molecule is [CH3][Sn]([CH3])([CH3])[c]1ncccc1N. The average Bonchev–Trinajstić information content (AvgIpc) is 1.86. The van der Waals surface area contributed by atoms with Crippen molar-refractivity contribution in [3.63, 3.8) is 0 Å². The van der Waals surface area contributed by atoms with Crippen molar-refractivity contribution in [3.8, 4) is 0 Å². The zero-order valence-electron chi connectivity index (χ0n) is 7.26. The van der Waals surface area contributed by atoms with Crippen molar-refractivity contribution in [1.82, 2.24) is 4.98 Å². The molecule has 0 amide bonds. The van der Waals surface area contributed by atoms with Gasteiger partial charge in [0.15, 0.2) is 0 Å². The van der Waals surface area contributed by atoms with Gasteiger partial charge < -0.3 is 0 Å². The Balaban J connectivity index is 3.14. The Morgan fingerprint density at radius 1 is 1.36 bits per heavy atom. The first-order valence-corrected chi connectivity index (χ1v) is 13.7. The molecule has 0 spiro atoms. The molecule has 0 fully saturated rings. The second-order valence-corrected chi connectivity index (χ2v) is 17.9. The molecule has 2 nitrogen and oxygen atoms in total. The monoisotopic (exact) mass is 258 g/mol. The molecule has 1 rings (SSSR count). The van der Waals surface area contributed by atoms with Crippen molar-refractivity contribution in [2.45, 2.75) is 14.8 Å². The molecular formula is C8H14N2Sn. The molecule has 1 aromatic rings. The summed E-state index contributed by atoms with van der Waals surface area (Å²) in [5.41, 5.74) is 6.67. The minimum absolute atomic E-state index is 0.871. The number of anilines is 1. The van der Waals surface area contributed by atoms with Crippen LogP contribution >= 0.6 is 0 Å². The van der Waals surface area contributed by atoms with E-state index in [0.717, 1.165) is 5.69 Å². The van der Waals surface area contributed by atoms with E-state index in [-0.39, 0.29) is 0 Å². The molecule has 3 heteroatoms. The molecule has 0 aliphatic carbocycles. The van der Waals surface area contributed by atoms with Crippen LogP contribution in [0.4, 0.5) is 5.69 Å². The van der Waals surface area contributed by atoms with Crippen LogP contribution in [0.5, 0.6) is 0 Å². The molecule has 0 aliphatic heterocycles. The molecule has 0 bridgehead atoms. The Kier molecular flexibility index (Phi) is 2.42. The van der Waals surface area contributed by atoms with Crippen LogP contribution in [-0.2, 0) is 0 Å². The average molecular weight is 257 g/mol. The molecule has 1 heterocycles. The van der Waals surface area contributed by atoms with Gasteiger partial charge in [-0.15, -0.1) is 0 Å². The fourth-order valence-corrected chi connectivity index (χ4v) is 5.07. The molecular weight excluding hydrogens is 243 g/mol. The van der Waals surface area contributed by atoms with Gasteiger partial charge in [0.1, 0.15) is 0 Å².